The summed E-state index contributed by atoms with van der Waals surface area (Å²) in [6.45, 7) is 0. The Morgan fingerprint density at radius 2 is 0.609 bits per heavy atom. The van der Waals surface area contributed by atoms with Gasteiger partial charge in [-0.15, -0.1) is 0 Å². The second-order valence-electron chi connectivity index (χ2n) is 17.1. The topological polar surface area (TPSA) is 36.1 Å². The van der Waals surface area contributed by atoms with Crippen LogP contribution in [-0.4, -0.2) is 9.13 Å². The molecule has 0 radical (unpaired) electrons. The van der Waals surface area contributed by atoms with E-state index >= 15 is 0 Å². The second-order valence-corrected chi connectivity index (χ2v) is 17.1. The van der Waals surface area contributed by atoms with E-state index in [9.17, 15) is 0 Å². The van der Waals surface area contributed by atoms with Crippen LogP contribution in [0.4, 0.5) is 0 Å². The molecule has 4 aromatic heterocycles. The monoisotopic (exact) mass is 814 g/mol. The standard InChI is InChI=1S/C60H34N2O2/c1-3-15-35(16-4-1)61-47-23-11-7-21-45(47)53-49(61)33-31-39-40-32-34-50-54(46-22-8-12-24-48(46)62(50)36-17-5-2-6-18-36)56(40)58-42(28-30-44-38-20-10-14-26-52(38)64-60(44)58)41-27-29-43-37-19-9-13-25-51(37)63-59(43)57(41)55(39)53/h1-34H. The van der Waals surface area contributed by atoms with Crippen LogP contribution in [-0.2, 0) is 0 Å². The van der Waals surface area contributed by atoms with Gasteiger partial charge in [-0.1, -0.05) is 133 Å². The molecule has 0 saturated carbocycles. The highest BCUT2D eigenvalue weighted by atomic mass is 16.3. The molecular weight excluding hydrogens is 781 g/mol. The van der Waals surface area contributed by atoms with Crippen LogP contribution in [0.5, 0.6) is 0 Å². The Morgan fingerprint density at radius 1 is 0.250 bits per heavy atom. The fourth-order valence-corrected chi connectivity index (χ4v) is 11.3. The summed E-state index contributed by atoms with van der Waals surface area (Å²) < 4.78 is 19.1. The van der Waals surface area contributed by atoms with Crippen molar-refractivity contribution in [3.8, 4) is 11.4 Å². The van der Waals surface area contributed by atoms with Crippen molar-refractivity contribution in [1.29, 1.82) is 0 Å². The summed E-state index contributed by atoms with van der Waals surface area (Å²) >= 11 is 0. The first-order valence-electron chi connectivity index (χ1n) is 21.9. The van der Waals surface area contributed by atoms with Crippen LogP contribution in [0, 0.1) is 41.7 Å². The van der Waals surface area contributed by atoms with Crippen LogP contribution in [0.15, 0.2) is 215 Å². The van der Waals surface area contributed by atoms with Crippen molar-refractivity contribution in [2.24, 2.45) is 0 Å². The van der Waals surface area contributed by atoms with Gasteiger partial charge in [0.25, 0.3) is 0 Å². The van der Waals surface area contributed by atoms with Crippen molar-refractivity contribution < 1.29 is 8.83 Å². The fraction of sp³-hybridized carbons (Fsp3) is 0. The van der Waals surface area contributed by atoms with Crippen LogP contribution in [0.25, 0.3) is 98.9 Å². The van der Waals surface area contributed by atoms with Crippen LogP contribution < -0.4 is 0 Å². The lowest BCUT2D eigenvalue weighted by Crippen LogP contribution is -1.96. The molecule has 4 heteroatoms. The van der Waals surface area contributed by atoms with Gasteiger partial charge in [-0.3, -0.25) is 0 Å². The van der Waals surface area contributed by atoms with Gasteiger partial charge in [-0.05, 0) is 93.7 Å². The van der Waals surface area contributed by atoms with Gasteiger partial charge >= 0.3 is 0 Å². The molecule has 15 rings (SSSR count). The van der Waals surface area contributed by atoms with Crippen molar-refractivity contribution in [3.63, 3.8) is 0 Å². The summed E-state index contributed by atoms with van der Waals surface area (Å²) in [6.07, 6.45) is 0. The van der Waals surface area contributed by atoms with Crippen molar-refractivity contribution in [2.75, 3.05) is 0 Å². The highest BCUT2D eigenvalue weighted by molar-refractivity contribution is 6.13. The quantitative estimate of drug-likeness (QED) is 0.174. The number of benzene rings is 10. The summed E-state index contributed by atoms with van der Waals surface area (Å²) in [5.74, 6) is 0. The summed E-state index contributed by atoms with van der Waals surface area (Å²) in [5.41, 5.74) is 10.3. The van der Waals surface area contributed by atoms with Gasteiger partial charge in [0.2, 0.25) is 0 Å². The molecule has 0 spiro atoms. The Labute approximate surface area is 363 Å². The van der Waals surface area contributed by atoms with Crippen molar-refractivity contribution in [1.82, 2.24) is 9.13 Å². The average Bonchev–Trinajstić information content (AvgIpc) is 4.11. The van der Waals surface area contributed by atoms with E-state index < -0.39 is 0 Å². The molecule has 14 aromatic rings. The van der Waals surface area contributed by atoms with E-state index in [1.165, 1.54) is 21.5 Å². The largest absolute Gasteiger partial charge is 0.455 e. The lowest BCUT2D eigenvalue weighted by Gasteiger charge is -2.10. The number of furan rings is 2. The zero-order valence-electron chi connectivity index (χ0n) is 34.3. The second kappa shape index (κ2) is 12.5. The van der Waals surface area contributed by atoms with E-state index in [0.717, 1.165) is 119 Å². The van der Waals surface area contributed by atoms with Crippen LogP contribution in [0.3, 0.4) is 0 Å². The van der Waals surface area contributed by atoms with Gasteiger partial charge in [-0.25, -0.2) is 0 Å². The van der Waals surface area contributed by atoms with Crippen LogP contribution in [0.1, 0.15) is 0 Å². The molecule has 0 atom stereocenters. The van der Waals surface area contributed by atoms with Crippen molar-refractivity contribution >= 4 is 87.5 Å². The highest BCUT2D eigenvalue weighted by Crippen LogP contribution is 2.40. The van der Waals surface area contributed by atoms with E-state index in [0.29, 0.717) is 0 Å². The zero-order chi connectivity index (χ0) is 41.6. The highest BCUT2D eigenvalue weighted by Gasteiger charge is 2.21. The third-order valence-electron chi connectivity index (χ3n) is 13.9. The lowest BCUT2D eigenvalue weighted by molar-refractivity contribution is 0.664. The number of hydrogen-bond acceptors (Lipinski definition) is 2. The number of fused-ring (bicyclic) bond motifs is 20. The molecule has 64 heavy (non-hydrogen) atoms. The molecule has 0 unspecified atom stereocenters. The van der Waals surface area contributed by atoms with E-state index in [4.69, 9.17) is 8.83 Å². The van der Waals surface area contributed by atoms with Crippen LogP contribution >= 0.6 is 0 Å². The predicted octanol–water partition coefficient (Wildman–Crippen LogP) is 15.1. The van der Waals surface area contributed by atoms with E-state index in [-0.39, 0.29) is 0 Å². The zero-order valence-corrected chi connectivity index (χ0v) is 34.3. The van der Waals surface area contributed by atoms with Gasteiger partial charge in [-0.2, -0.15) is 0 Å². The molecule has 4 heterocycles. The average molecular weight is 815 g/mol. The Hall–Kier alpha value is -8.60. The van der Waals surface area contributed by atoms with Gasteiger partial charge in [0, 0.05) is 75.3 Å². The van der Waals surface area contributed by atoms with Gasteiger partial charge < -0.3 is 18.0 Å². The number of para-hydroxylation sites is 6. The molecule has 0 N–H and O–H groups in total. The number of rotatable bonds is 2. The molecule has 0 aliphatic heterocycles. The summed E-state index contributed by atoms with van der Waals surface area (Å²) in [6, 6.07) is 74.7. The third kappa shape index (κ3) is 4.36. The number of aromatic nitrogens is 2. The molecule has 4 nitrogen and oxygen atoms in total. The molecule has 0 amide bonds. The predicted molar refractivity (Wildman–Crippen MR) is 260 cm³/mol. The Bertz CT molecular complexity index is 4470. The van der Waals surface area contributed by atoms with Crippen molar-refractivity contribution in [3.05, 3.63) is 248 Å². The first-order chi connectivity index (χ1) is 31.8. The number of hydrogen-bond donors (Lipinski definition) is 0. The normalized spacial score (nSPS) is 12.4. The molecule has 0 saturated heterocycles. The first-order valence-corrected chi connectivity index (χ1v) is 21.9. The maximum atomic E-state index is 7.14. The maximum Gasteiger partial charge on any atom is 0.143 e. The third-order valence-corrected chi connectivity index (χ3v) is 13.9. The SMILES string of the molecule is c1ccc(-n2c3ccccc3c3c4c(ccc32)=c2ccc3c(c2=c2c(ccc5c2oc2ccccc25)=c2ccc5c(oc6ccccc65)c2=4)c2ccccc2n3-c2ccccc2)cc1. The smallest absolute Gasteiger partial charge is 0.143 e. The Balaban J connectivity index is 1.37. The molecule has 296 valence electrons. The van der Waals surface area contributed by atoms with E-state index in [2.05, 4.69) is 215 Å². The Morgan fingerprint density at radius 3 is 1.06 bits per heavy atom. The molecule has 1 aliphatic rings. The number of nitrogens with zero attached hydrogens (tertiary/aromatic N) is 2. The summed E-state index contributed by atoms with van der Waals surface area (Å²) in [4.78, 5) is 0. The molecule has 0 fully saturated rings. The van der Waals surface area contributed by atoms with Gasteiger partial charge in [0.1, 0.15) is 22.3 Å². The van der Waals surface area contributed by atoms with E-state index in [1.54, 1.807) is 0 Å². The minimum absolute atomic E-state index is 0.872. The maximum absolute atomic E-state index is 7.14. The first kappa shape index (κ1) is 34.0. The van der Waals surface area contributed by atoms with Crippen molar-refractivity contribution in [2.45, 2.75) is 0 Å². The lowest BCUT2D eigenvalue weighted by atomic mass is 9.95. The van der Waals surface area contributed by atoms with Crippen LogP contribution in [0.2, 0.25) is 0 Å². The molecule has 0 bridgehead atoms. The molecule has 1 aliphatic carbocycles. The minimum Gasteiger partial charge on any atom is -0.455 e. The molecular formula is C60H34N2O2. The van der Waals surface area contributed by atoms with Gasteiger partial charge in [0.05, 0.1) is 22.1 Å². The fourth-order valence-electron chi connectivity index (χ4n) is 11.3. The van der Waals surface area contributed by atoms with Gasteiger partial charge in [0.15, 0.2) is 0 Å². The summed E-state index contributed by atoms with van der Waals surface area (Å²) in [7, 11) is 0. The Kier molecular flexibility index (Phi) is 6.65. The van der Waals surface area contributed by atoms with E-state index in [1.807, 2.05) is 0 Å². The minimum atomic E-state index is 0.872. The molecule has 10 aromatic carbocycles. The summed E-state index contributed by atoms with van der Waals surface area (Å²) in [5, 5.41) is 18.1.